The normalized spacial score (nSPS) is 21.6. The van der Waals surface area contributed by atoms with Crippen LogP contribution in [0.3, 0.4) is 0 Å². The Balaban J connectivity index is 1.43. The lowest BCUT2D eigenvalue weighted by molar-refractivity contribution is -0.140. The Bertz CT molecular complexity index is 709. The zero-order valence-corrected chi connectivity index (χ0v) is 14.4. The molecule has 4 rings (SSSR count). The van der Waals surface area contributed by atoms with Crippen molar-refractivity contribution in [2.75, 3.05) is 32.8 Å². The van der Waals surface area contributed by atoms with E-state index in [1.807, 2.05) is 52.2 Å². The Morgan fingerprint density at radius 3 is 2.72 bits per heavy atom. The highest BCUT2D eigenvalue weighted by Gasteiger charge is 2.34. The van der Waals surface area contributed by atoms with Crippen molar-refractivity contribution in [2.45, 2.75) is 25.4 Å². The maximum atomic E-state index is 12.8. The van der Waals surface area contributed by atoms with Crippen LogP contribution in [-0.2, 0) is 16.1 Å². The molecule has 1 atom stereocenters. The van der Waals surface area contributed by atoms with Gasteiger partial charge in [0.25, 0.3) is 0 Å². The first-order valence-electron chi connectivity index (χ1n) is 9.02. The molecule has 0 unspecified atom stereocenters. The summed E-state index contributed by atoms with van der Waals surface area (Å²) in [6.07, 6.45) is 4.00. The van der Waals surface area contributed by atoms with Gasteiger partial charge in [-0.25, -0.2) is 4.68 Å². The third kappa shape index (κ3) is 3.60. The average Bonchev–Trinajstić information content (AvgIpc) is 3.33. The molecule has 2 aromatic rings. The lowest BCUT2D eigenvalue weighted by atomic mass is 10.2. The van der Waals surface area contributed by atoms with Crippen molar-refractivity contribution in [1.29, 1.82) is 0 Å². The Morgan fingerprint density at radius 1 is 1.12 bits per heavy atom. The Morgan fingerprint density at radius 2 is 1.92 bits per heavy atom. The zero-order chi connectivity index (χ0) is 17.1. The molecule has 0 N–H and O–H groups in total. The molecule has 3 heterocycles. The first-order chi connectivity index (χ1) is 12.3. The van der Waals surface area contributed by atoms with E-state index in [9.17, 15) is 4.79 Å². The lowest BCUT2D eigenvalue weighted by Gasteiger charge is -2.32. The molecule has 6 heteroatoms. The molecular formula is C19H24N4O2. The quantitative estimate of drug-likeness (QED) is 0.850. The minimum atomic E-state index is -0.0139. The fourth-order valence-electron chi connectivity index (χ4n) is 3.67. The van der Waals surface area contributed by atoms with Crippen LogP contribution in [0.4, 0.5) is 0 Å². The van der Waals surface area contributed by atoms with Crippen molar-refractivity contribution in [3.8, 4) is 5.69 Å². The summed E-state index contributed by atoms with van der Waals surface area (Å²) in [5, 5.41) is 4.68. The van der Waals surface area contributed by atoms with Crippen LogP contribution in [-0.4, -0.2) is 64.4 Å². The second-order valence-corrected chi connectivity index (χ2v) is 6.65. The summed E-state index contributed by atoms with van der Waals surface area (Å²) in [7, 11) is 0. The summed E-state index contributed by atoms with van der Waals surface area (Å²) in [5.74, 6) is 0.253. The van der Waals surface area contributed by atoms with E-state index >= 15 is 0 Å². The number of rotatable bonds is 4. The van der Waals surface area contributed by atoms with E-state index in [2.05, 4.69) is 10.00 Å². The van der Waals surface area contributed by atoms with Gasteiger partial charge in [-0.3, -0.25) is 9.69 Å². The average molecular weight is 340 g/mol. The summed E-state index contributed by atoms with van der Waals surface area (Å²) in [6, 6.07) is 12.1. The summed E-state index contributed by atoms with van der Waals surface area (Å²) < 4.78 is 7.25. The molecule has 1 aromatic heterocycles. The van der Waals surface area contributed by atoms with Gasteiger partial charge in [0, 0.05) is 25.8 Å². The topological polar surface area (TPSA) is 50.6 Å². The van der Waals surface area contributed by atoms with Crippen molar-refractivity contribution < 1.29 is 9.53 Å². The van der Waals surface area contributed by atoms with Crippen molar-refractivity contribution in [3.05, 3.63) is 48.3 Å². The fourth-order valence-corrected chi connectivity index (χ4v) is 3.67. The molecule has 1 amide bonds. The summed E-state index contributed by atoms with van der Waals surface area (Å²) in [4.78, 5) is 17.1. The second-order valence-electron chi connectivity index (χ2n) is 6.65. The molecule has 0 aliphatic carbocycles. The Kier molecular flexibility index (Phi) is 4.81. The number of hydrogen-bond donors (Lipinski definition) is 0. The van der Waals surface area contributed by atoms with Crippen LogP contribution in [0.25, 0.3) is 5.69 Å². The van der Waals surface area contributed by atoms with Crippen LogP contribution < -0.4 is 0 Å². The number of carbonyl (C=O) groups excluding carboxylic acids is 1. The number of aromatic nitrogens is 2. The first-order valence-corrected chi connectivity index (χ1v) is 9.02. The van der Waals surface area contributed by atoms with Crippen LogP contribution in [0.1, 0.15) is 18.5 Å². The number of carbonyl (C=O) groups is 1. The monoisotopic (exact) mass is 340 g/mol. The smallest absolute Gasteiger partial charge is 0.240 e. The first kappa shape index (κ1) is 16.3. The van der Waals surface area contributed by atoms with Gasteiger partial charge in [0.2, 0.25) is 5.91 Å². The molecule has 132 valence electrons. The summed E-state index contributed by atoms with van der Waals surface area (Å²) >= 11 is 0. The molecule has 2 aliphatic heterocycles. The number of hydrogen-bond acceptors (Lipinski definition) is 4. The molecule has 25 heavy (non-hydrogen) atoms. The highest BCUT2D eigenvalue weighted by molar-refractivity contribution is 5.82. The molecule has 1 aromatic carbocycles. The van der Waals surface area contributed by atoms with Gasteiger partial charge in [-0.1, -0.05) is 18.2 Å². The summed E-state index contributed by atoms with van der Waals surface area (Å²) in [6.45, 7) is 4.41. The van der Waals surface area contributed by atoms with Crippen molar-refractivity contribution in [3.63, 3.8) is 0 Å². The molecule has 2 aliphatic rings. The van der Waals surface area contributed by atoms with Crippen LogP contribution in [0.15, 0.2) is 42.6 Å². The molecule has 0 spiro atoms. The minimum Gasteiger partial charge on any atom is -0.378 e. The van der Waals surface area contributed by atoms with Crippen LogP contribution >= 0.6 is 0 Å². The Hall–Kier alpha value is -2.18. The molecule has 2 saturated heterocycles. The number of ether oxygens (including phenoxy) is 1. The van der Waals surface area contributed by atoms with Gasteiger partial charge in [0.05, 0.1) is 30.6 Å². The van der Waals surface area contributed by atoms with Crippen molar-refractivity contribution in [2.24, 2.45) is 0 Å². The van der Waals surface area contributed by atoms with Crippen LogP contribution in [0.5, 0.6) is 0 Å². The van der Waals surface area contributed by atoms with E-state index in [1.54, 1.807) is 0 Å². The zero-order valence-electron chi connectivity index (χ0n) is 14.4. The maximum Gasteiger partial charge on any atom is 0.240 e. The number of para-hydroxylation sites is 1. The van der Waals surface area contributed by atoms with E-state index in [0.29, 0.717) is 26.3 Å². The van der Waals surface area contributed by atoms with Gasteiger partial charge in [0.15, 0.2) is 0 Å². The number of benzene rings is 1. The fraction of sp³-hybridized carbons (Fsp3) is 0.474. The predicted molar refractivity (Wildman–Crippen MR) is 94.4 cm³/mol. The van der Waals surface area contributed by atoms with Gasteiger partial charge in [-0.05, 0) is 37.6 Å². The number of amides is 1. The lowest BCUT2D eigenvalue weighted by Crippen LogP contribution is -2.49. The van der Waals surface area contributed by atoms with Gasteiger partial charge in [-0.2, -0.15) is 5.10 Å². The summed E-state index contributed by atoms with van der Waals surface area (Å²) in [5.41, 5.74) is 2.06. The standard InChI is InChI=1S/C19H24N4O2/c24-19(21-11-13-25-14-12-21)18-7-4-9-22(18)15-16-8-10-23(20-16)17-5-2-1-3-6-17/h1-3,5-6,8,10,18H,4,7,9,11-15H2/t18-/m1/s1. The van der Waals surface area contributed by atoms with Gasteiger partial charge in [0.1, 0.15) is 0 Å². The number of likely N-dealkylation sites (tertiary alicyclic amines) is 1. The van der Waals surface area contributed by atoms with E-state index in [1.165, 1.54) is 0 Å². The van der Waals surface area contributed by atoms with Gasteiger partial charge >= 0.3 is 0 Å². The van der Waals surface area contributed by atoms with Gasteiger partial charge < -0.3 is 9.64 Å². The van der Waals surface area contributed by atoms with E-state index < -0.39 is 0 Å². The minimum absolute atomic E-state index is 0.0139. The van der Waals surface area contributed by atoms with Crippen LogP contribution in [0, 0.1) is 0 Å². The molecule has 0 bridgehead atoms. The third-order valence-electron chi connectivity index (χ3n) is 5.00. The number of morpholine rings is 1. The van der Waals surface area contributed by atoms with Gasteiger partial charge in [-0.15, -0.1) is 0 Å². The van der Waals surface area contributed by atoms with Crippen molar-refractivity contribution in [1.82, 2.24) is 19.6 Å². The molecule has 6 nitrogen and oxygen atoms in total. The maximum absolute atomic E-state index is 12.8. The van der Waals surface area contributed by atoms with E-state index in [4.69, 9.17) is 4.74 Å². The largest absolute Gasteiger partial charge is 0.378 e. The van der Waals surface area contributed by atoms with Crippen LogP contribution in [0.2, 0.25) is 0 Å². The SMILES string of the molecule is O=C([C@H]1CCCN1Cc1ccn(-c2ccccc2)n1)N1CCOCC1. The molecule has 0 radical (unpaired) electrons. The van der Waals surface area contributed by atoms with Crippen molar-refractivity contribution >= 4 is 5.91 Å². The van der Waals surface area contributed by atoms with E-state index in [0.717, 1.165) is 37.3 Å². The molecular weight excluding hydrogens is 316 g/mol. The number of nitrogens with zero attached hydrogens (tertiary/aromatic N) is 4. The van der Waals surface area contributed by atoms with E-state index in [-0.39, 0.29) is 11.9 Å². The molecule has 0 saturated carbocycles. The highest BCUT2D eigenvalue weighted by Crippen LogP contribution is 2.22. The molecule has 2 fully saturated rings. The Labute approximate surface area is 148 Å². The third-order valence-corrected chi connectivity index (χ3v) is 5.00. The predicted octanol–water partition coefficient (Wildman–Crippen LogP) is 1.70. The highest BCUT2D eigenvalue weighted by atomic mass is 16.5. The second kappa shape index (κ2) is 7.37.